The fourth-order valence-corrected chi connectivity index (χ4v) is 9.72. The van der Waals surface area contributed by atoms with Gasteiger partial charge in [0, 0.05) is 6.42 Å². The van der Waals surface area contributed by atoms with Crippen molar-refractivity contribution >= 4 is 5.91 Å². The molecule has 1 rings (SSSR count). The van der Waals surface area contributed by atoms with E-state index in [9.17, 15) is 30.3 Å². The number of carbonyl (C=O) groups is 1. The molecule has 0 spiro atoms. The normalized spacial score (nSPS) is 19.5. The number of hydrogen-bond donors (Lipinski definition) is 6. The largest absolute Gasteiger partial charge is 0.394 e. The predicted octanol–water partition coefficient (Wildman–Crippen LogP) is 15.7. The zero-order valence-corrected chi connectivity index (χ0v) is 46.9. The van der Waals surface area contributed by atoms with Gasteiger partial charge >= 0.3 is 0 Å². The van der Waals surface area contributed by atoms with Crippen LogP contribution < -0.4 is 5.32 Å². The van der Waals surface area contributed by atoms with E-state index in [0.29, 0.717) is 6.42 Å². The summed E-state index contributed by atoms with van der Waals surface area (Å²) in [5.74, 6) is -0.188. The Morgan fingerprint density at radius 3 is 1.17 bits per heavy atom. The Morgan fingerprint density at radius 1 is 0.458 bits per heavy atom. The second kappa shape index (κ2) is 52.6. The van der Waals surface area contributed by atoms with Crippen molar-refractivity contribution in [1.82, 2.24) is 5.32 Å². The van der Waals surface area contributed by atoms with E-state index in [1.807, 2.05) is 6.08 Å². The molecule has 1 aliphatic rings. The highest BCUT2D eigenvalue weighted by Gasteiger charge is 2.44. The summed E-state index contributed by atoms with van der Waals surface area (Å²) in [6, 6.07) is -0.828. The summed E-state index contributed by atoms with van der Waals surface area (Å²) >= 11 is 0. The lowest BCUT2D eigenvalue weighted by Crippen LogP contribution is -2.60. The third kappa shape index (κ3) is 41.4. The molecule has 1 heterocycles. The molecule has 0 aromatic carbocycles. The van der Waals surface area contributed by atoms with Crippen LogP contribution in [0.4, 0.5) is 0 Å². The Labute approximate surface area is 444 Å². The summed E-state index contributed by atoms with van der Waals surface area (Å²) < 4.78 is 11.3. The van der Waals surface area contributed by atoms with Crippen LogP contribution in [0, 0.1) is 0 Å². The molecule has 1 fully saturated rings. The summed E-state index contributed by atoms with van der Waals surface area (Å²) in [4.78, 5) is 13.1. The SMILES string of the molecule is CCCCCCCCCC/C=C/CC/C=C/CC/C=C/C(O)C(COC1OC(CO)C(O)C(O)C1O)NC(=O)CCCCCCCCCCCCCCCCC/C=C\CCCCCCCCCCCCCC. The highest BCUT2D eigenvalue weighted by Crippen LogP contribution is 2.23. The molecule has 422 valence electrons. The van der Waals surface area contributed by atoms with Crippen molar-refractivity contribution in [2.24, 2.45) is 0 Å². The summed E-state index contributed by atoms with van der Waals surface area (Å²) in [7, 11) is 0. The van der Waals surface area contributed by atoms with Crippen molar-refractivity contribution in [2.45, 2.75) is 333 Å². The van der Waals surface area contributed by atoms with Gasteiger partial charge in [-0.05, 0) is 70.6 Å². The third-order valence-electron chi connectivity index (χ3n) is 14.6. The molecule has 1 saturated heterocycles. The molecule has 0 bridgehead atoms. The standard InChI is InChI=1S/C63H117NO8/c1-3-5-7-9-11-13-15-17-19-21-23-24-25-26-27-28-29-30-31-32-33-34-35-37-39-41-43-45-47-49-51-53-59(67)64-56(55-71-63-62(70)61(69)60(68)58(54-65)72-63)57(66)52-50-48-46-44-42-40-38-36-22-20-18-16-14-12-10-8-6-4-2/h22,26-27,36,42,44,50,52,56-58,60-63,65-66,68-70H,3-21,23-25,28-35,37-41,43,45-49,51,53-55H2,1-2H3,(H,64,67)/b27-26-,36-22+,44-42+,52-50+. The topological polar surface area (TPSA) is 149 Å². The predicted molar refractivity (Wildman–Crippen MR) is 304 cm³/mol. The van der Waals surface area contributed by atoms with Crippen LogP contribution >= 0.6 is 0 Å². The minimum Gasteiger partial charge on any atom is -0.394 e. The number of aliphatic hydroxyl groups excluding tert-OH is 5. The monoisotopic (exact) mass is 1020 g/mol. The number of rotatable bonds is 53. The van der Waals surface area contributed by atoms with Crippen molar-refractivity contribution in [1.29, 1.82) is 0 Å². The number of amides is 1. The van der Waals surface area contributed by atoms with E-state index in [-0.39, 0.29) is 12.5 Å². The fraction of sp³-hybridized carbons (Fsp3) is 0.857. The van der Waals surface area contributed by atoms with E-state index < -0.39 is 49.5 Å². The molecule has 1 aliphatic heterocycles. The second-order valence-electron chi connectivity index (χ2n) is 21.5. The Balaban J connectivity index is 2.17. The minimum atomic E-state index is -1.58. The molecule has 7 unspecified atom stereocenters. The van der Waals surface area contributed by atoms with Gasteiger partial charge in [-0.2, -0.15) is 0 Å². The quantitative estimate of drug-likeness (QED) is 0.0261. The lowest BCUT2D eigenvalue weighted by atomic mass is 9.99. The van der Waals surface area contributed by atoms with Crippen LogP contribution in [-0.2, 0) is 14.3 Å². The summed E-state index contributed by atoms with van der Waals surface area (Å²) in [6.45, 7) is 3.78. The number of allylic oxidation sites excluding steroid dienone is 7. The summed E-state index contributed by atoms with van der Waals surface area (Å²) in [5, 5.41) is 54.5. The lowest BCUT2D eigenvalue weighted by Gasteiger charge is -2.40. The van der Waals surface area contributed by atoms with Crippen LogP contribution in [0.5, 0.6) is 0 Å². The van der Waals surface area contributed by atoms with Gasteiger partial charge in [0.2, 0.25) is 5.91 Å². The molecule has 6 N–H and O–H groups in total. The molecule has 72 heavy (non-hydrogen) atoms. The summed E-state index contributed by atoms with van der Waals surface area (Å²) in [5.41, 5.74) is 0. The molecule has 0 radical (unpaired) electrons. The Morgan fingerprint density at radius 2 is 0.792 bits per heavy atom. The van der Waals surface area contributed by atoms with Crippen molar-refractivity contribution in [3.8, 4) is 0 Å². The number of ether oxygens (including phenoxy) is 2. The zero-order valence-electron chi connectivity index (χ0n) is 46.9. The molecule has 9 heteroatoms. The average molecular weight is 1020 g/mol. The first-order chi connectivity index (χ1) is 35.3. The first-order valence-corrected chi connectivity index (χ1v) is 30.9. The molecule has 9 nitrogen and oxygen atoms in total. The van der Waals surface area contributed by atoms with E-state index >= 15 is 0 Å². The molecular weight excluding hydrogens is 899 g/mol. The van der Waals surface area contributed by atoms with E-state index in [1.54, 1.807) is 6.08 Å². The van der Waals surface area contributed by atoms with Crippen LogP contribution in [-0.4, -0.2) is 87.5 Å². The Kier molecular flexibility index (Phi) is 49.8. The molecule has 0 saturated carbocycles. The second-order valence-corrected chi connectivity index (χ2v) is 21.5. The van der Waals surface area contributed by atoms with Crippen LogP contribution in [0.1, 0.15) is 290 Å². The van der Waals surface area contributed by atoms with Gasteiger partial charge in [0.05, 0.1) is 25.4 Å². The van der Waals surface area contributed by atoms with Gasteiger partial charge in [-0.3, -0.25) is 4.79 Å². The van der Waals surface area contributed by atoms with Crippen LogP contribution in [0.25, 0.3) is 0 Å². The molecule has 0 aromatic heterocycles. The fourth-order valence-electron chi connectivity index (χ4n) is 9.72. The van der Waals surface area contributed by atoms with Gasteiger partial charge in [0.25, 0.3) is 0 Å². The lowest BCUT2D eigenvalue weighted by molar-refractivity contribution is -0.302. The molecule has 7 atom stereocenters. The van der Waals surface area contributed by atoms with E-state index in [0.717, 1.165) is 44.9 Å². The first kappa shape index (κ1) is 68.2. The smallest absolute Gasteiger partial charge is 0.220 e. The van der Waals surface area contributed by atoms with Gasteiger partial charge in [-0.25, -0.2) is 0 Å². The van der Waals surface area contributed by atoms with Gasteiger partial charge in [-0.15, -0.1) is 0 Å². The number of hydrogen-bond acceptors (Lipinski definition) is 8. The molecular formula is C63H117NO8. The minimum absolute atomic E-state index is 0.188. The van der Waals surface area contributed by atoms with Gasteiger partial charge in [0.15, 0.2) is 6.29 Å². The number of unbranched alkanes of at least 4 members (excludes halogenated alkanes) is 37. The Hall–Kier alpha value is -1.85. The zero-order chi connectivity index (χ0) is 52.2. The highest BCUT2D eigenvalue weighted by molar-refractivity contribution is 5.76. The van der Waals surface area contributed by atoms with Crippen molar-refractivity contribution in [3.63, 3.8) is 0 Å². The van der Waals surface area contributed by atoms with Crippen LogP contribution in [0.2, 0.25) is 0 Å². The van der Waals surface area contributed by atoms with Gasteiger partial charge in [0.1, 0.15) is 24.4 Å². The maximum Gasteiger partial charge on any atom is 0.220 e. The maximum atomic E-state index is 13.1. The number of aliphatic hydroxyl groups is 5. The Bertz CT molecular complexity index is 1270. The first-order valence-electron chi connectivity index (χ1n) is 30.9. The van der Waals surface area contributed by atoms with Crippen LogP contribution in [0.15, 0.2) is 48.6 Å². The molecule has 1 amide bonds. The van der Waals surface area contributed by atoms with Crippen LogP contribution in [0.3, 0.4) is 0 Å². The van der Waals surface area contributed by atoms with Gasteiger partial charge < -0.3 is 40.3 Å². The van der Waals surface area contributed by atoms with Gasteiger partial charge in [-0.1, -0.05) is 262 Å². The third-order valence-corrected chi connectivity index (χ3v) is 14.6. The number of carbonyl (C=O) groups excluding carboxylic acids is 1. The van der Waals surface area contributed by atoms with Crippen molar-refractivity contribution in [3.05, 3.63) is 48.6 Å². The van der Waals surface area contributed by atoms with Crippen molar-refractivity contribution < 1.29 is 39.8 Å². The highest BCUT2D eigenvalue weighted by atomic mass is 16.7. The summed E-state index contributed by atoms with van der Waals surface area (Å²) in [6.07, 6.45) is 63.4. The van der Waals surface area contributed by atoms with E-state index in [1.165, 1.54) is 225 Å². The molecule has 0 aromatic rings. The average Bonchev–Trinajstić information content (AvgIpc) is 3.38. The molecule has 0 aliphatic carbocycles. The van der Waals surface area contributed by atoms with E-state index in [2.05, 4.69) is 55.6 Å². The van der Waals surface area contributed by atoms with E-state index in [4.69, 9.17) is 9.47 Å². The maximum absolute atomic E-state index is 13.1. The number of nitrogens with one attached hydrogen (secondary N) is 1. The van der Waals surface area contributed by atoms with Crippen molar-refractivity contribution in [2.75, 3.05) is 13.2 Å².